The standard InChI is InChI=1S/C22H14O12/c23-7-2-1-6(3-8(7)24)21-20(31)19(30)16-12(34-21)5-11(27)14(18(16)29)13-9(25)4-10(26)15(17(13)28)22(32)33/h1-5,23-29,31H,(H,32,33). The number of fused-ring (bicyclic) bond motifs is 1. The Hall–Kier alpha value is -5.26. The molecule has 0 aliphatic heterocycles. The summed E-state index contributed by atoms with van der Waals surface area (Å²) in [4.78, 5) is 24.2. The van der Waals surface area contributed by atoms with Crippen LogP contribution in [0.3, 0.4) is 0 Å². The molecule has 0 radical (unpaired) electrons. The second-order valence-electron chi connectivity index (χ2n) is 7.12. The van der Waals surface area contributed by atoms with Gasteiger partial charge in [0.25, 0.3) is 0 Å². The molecule has 0 fully saturated rings. The van der Waals surface area contributed by atoms with E-state index in [0.717, 1.165) is 18.2 Å². The van der Waals surface area contributed by atoms with E-state index in [2.05, 4.69) is 0 Å². The van der Waals surface area contributed by atoms with E-state index < -0.39 is 90.8 Å². The Bertz CT molecular complexity index is 1580. The first kappa shape index (κ1) is 22.0. The number of benzene rings is 3. The van der Waals surface area contributed by atoms with Gasteiger partial charge in [0.1, 0.15) is 45.3 Å². The molecule has 4 aromatic rings. The van der Waals surface area contributed by atoms with E-state index in [9.17, 15) is 55.5 Å². The number of carbonyl (C=O) groups is 1. The van der Waals surface area contributed by atoms with Crippen LogP contribution in [0.4, 0.5) is 0 Å². The Morgan fingerprint density at radius 1 is 0.676 bits per heavy atom. The summed E-state index contributed by atoms with van der Waals surface area (Å²) < 4.78 is 5.43. The van der Waals surface area contributed by atoms with Crippen LogP contribution in [0.5, 0.6) is 46.0 Å². The highest BCUT2D eigenvalue weighted by Crippen LogP contribution is 2.52. The summed E-state index contributed by atoms with van der Waals surface area (Å²) in [5, 5.41) is 89.5. The van der Waals surface area contributed by atoms with Crippen LogP contribution in [0.2, 0.25) is 0 Å². The molecule has 0 spiro atoms. The Morgan fingerprint density at radius 3 is 1.91 bits per heavy atom. The molecule has 1 aromatic heterocycles. The van der Waals surface area contributed by atoms with Crippen molar-refractivity contribution in [3.05, 3.63) is 46.1 Å². The van der Waals surface area contributed by atoms with Crippen LogP contribution < -0.4 is 5.43 Å². The van der Waals surface area contributed by atoms with Gasteiger partial charge in [-0.1, -0.05) is 0 Å². The van der Waals surface area contributed by atoms with Gasteiger partial charge in [0.15, 0.2) is 17.3 Å². The van der Waals surface area contributed by atoms with E-state index in [0.29, 0.717) is 6.07 Å². The number of rotatable bonds is 3. The van der Waals surface area contributed by atoms with Crippen molar-refractivity contribution in [2.75, 3.05) is 0 Å². The minimum atomic E-state index is -1.80. The first-order valence-corrected chi connectivity index (χ1v) is 9.22. The molecule has 0 atom stereocenters. The van der Waals surface area contributed by atoms with Crippen LogP contribution in [0.15, 0.2) is 39.5 Å². The average Bonchev–Trinajstić information content (AvgIpc) is 2.74. The van der Waals surface area contributed by atoms with Crippen molar-refractivity contribution in [2.45, 2.75) is 0 Å². The molecule has 0 amide bonds. The van der Waals surface area contributed by atoms with Gasteiger partial charge in [0.2, 0.25) is 11.2 Å². The zero-order valence-electron chi connectivity index (χ0n) is 16.6. The van der Waals surface area contributed by atoms with Crippen LogP contribution in [0, 0.1) is 0 Å². The zero-order valence-corrected chi connectivity index (χ0v) is 16.6. The van der Waals surface area contributed by atoms with Gasteiger partial charge >= 0.3 is 5.97 Å². The first-order chi connectivity index (χ1) is 15.9. The Kier molecular flexibility index (Phi) is 4.78. The molecule has 0 saturated carbocycles. The van der Waals surface area contributed by atoms with Gasteiger partial charge in [0, 0.05) is 17.7 Å². The van der Waals surface area contributed by atoms with E-state index in [1.807, 2.05) is 0 Å². The molecule has 34 heavy (non-hydrogen) atoms. The maximum atomic E-state index is 12.9. The van der Waals surface area contributed by atoms with Crippen LogP contribution >= 0.6 is 0 Å². The summed E-state index contributed by atoms with van der Waals surface area (Å²) >= 11 is 0. The van der Waals surface area contributed by atoms with Crippen molar-refractivity contribution in [1.29, 1.82) is 0 Å². The number of hydrogen-bond acceptors (Lipinski definition) is 11. The van der Waals surface area contributed by atoms with Crippen LogP contribution in [0.1, 0.15) is 10.4 Å². The van der Waals surface area contributed by atoms with Gasteiger partial charge in [-0.25, -0.2) is 4.79 Å². The van der Waals surface area contributed by atoms with Crippen molar-refractivity contribution in [1.82, 2.24) is 0 Å². The minimum Gasteiger partial charge on any atom is -0.507 e. The number of phenolic OH excluding ortho intramolecular Hbond substituents is 5. The second kappa shape index (κ2) is 7.41. The maximum absolute atomic E-state index is 12.9. The quantitative estimate of drug-likeness (QED) is 0.197. The monoisotopic (exact) mass is 470 g/mol. The normalized spacial score (nSPS) is 11.1. The lowest BCUT2D eigenvalue weighted by atomic mass is 9.95. The molecule has 174 valence electrons. The highest BCUT2D eigenvalue weighted by atomic mass is 16.4. The topological polar surface area (TPSA) is 229 Å². The van der Waals surface area contributed by atoms with Crippen molar-refractivity contribution in [3.63, 3.8) is 0 Å². The van der Waals surface area contributed by atoms with E-state index in [-0.39, 0.29) is 5.56 Å². The SMILES string of the molecule is O=C(O)c1c(O)cc(O)c(-c2c(O)cc3oc(-c4ccc(O)c(O)c4)c(O)c(=O)c3c2O)c1O. The van der Waals surface area contributed by atoms with Crippen LogP contribution in [-0.4, -0.2) is 51.9 Å². The summed E-state index contributed by atoms with van der Waals surface area (Å²) in [6.07, 6.45) is 0. The molecule has 4 rings (SSSR count). The number of aromatic hydroxyl groups is 8. The van der Waals surface area contributed by atoms with E-state index >= 15 is 0 Å². The van der Waals surface area contributed by atoms with Gasteiger partial charge in [0.05, 0.1) is 11.1 Å². The molecule has 9 N–H and O–H groups in total. The second-order valence-corrected chi connectivity index (χ2v) is 7.12. The largest absolute Gasteiger partial charge is 0.507 e. The molecule has 12 nitrogen and oxygen atoms in total. The maximum Gasteiger partial charge on any atom is 0.343 e. The Labute approximate surface area is 187 Å². The smallest absolute Gasteiger partial charge is 0.343 e. The Morgan fingerprint density at radius 2 is 1.29 bits per heavy atom. The van der Waals surface area contributed by atoms with Crippen molar-refractivity contribution in [3.8, 4) is 68.4 Å². The van der Waals surface area contributed by atoms with E-state index in [4.69, 9.17) is 4.42 Å². The fourth-order valence-corrected chi connectivity index (χ4v) is 3.52. The predicted molar refractivity (Wildman–Crippen MR) is 114 cm³/mol. The van der Waals surface area contributed by atoms with Crippen molar-refractivity contribution in [2.24, 2.45) is 0 Å². The lowest BCUT2D eigenvalue weighted by molar-refractivity contribution is 0.0690. The molecule has 0 bridgehead atoms. The molecule has 0 saturated heterocycles. The fraction of sp³-hybridized carbons (Fsp3) is 0. The molecular formula is C22H14O12. The fourth-order valence-electron chi connectivity index (χ4n) is 3.52. The van der Waals surface area contributed by atoms with Crippen LogP contribution in [0.25, 0.3) is 33.4 Å². The van der Waals surface area contributed by atoms with Crippen molar-refractivity contribution < 1.29 is 55.2 Å². The lowest BCUT2D eigenvalue weighted by Gasteiger charge is -2.15. The highest BCUT2D eigenvalue weighted by molar-refractivity contribution is 6.03. The summed E-state index contributed by atoms with van der Waals surface area (Å²) in [5.41, 5.74) is -4.40. The molecule has 1 heterocycles. The zero-order chi connectivity index (χ0) is 25.1. The first-order valence-electron chi connectivity index (χ1n) is 9.22. The molecular weight excluding hydrogens is 456 g/mol. The third-order valence-corrected chi connectivity index (χ3v) is 5.07. The summed E-state index contributed by atoms with van der Waals surface area (Å²) in [7, 11) is 0. The van der Waals surface area contributed by atoms with Crippen molar-refractivity contribution >= 4 is 16.9 Å². The molecule has 0 unspecified atom stereocenters. The van der Waals surface area contributed by atoms with Gasteiger partial charge < -0.3 is 50.4 Å². The van der Waals surface area contributed by atoms with E-state index in [1.165, 1.54) is 6.07 Å². The number of carboxylic acids is 1. The Balaban J connectivity index is 2.07. The highest BCUT2D eigenvalue weighted by Gasteiger charge is 2.30. The molecule has 3 aromatic carbocycles. The number of hydrogen-bond donors (Lipinski definition) is 9. The third kappa shape index (κ3) is 3.09. The average molecular weight is 470 g/mol. The van der Waals surface area contributed by atoms with Gasteiger partial charge in [-0.2, -0.15) is 0 Å². The minimum absolute atomic E-state index is 0.0465. The molecule has 0 aliphatic rings. The number of phenols is 7. The van der Waals surface area contributed by atoms with E-state index in [1.54, 1.807) is 0 Å². The lowest BCUT2D eigenvalue weighted by Crippen LogP contribution is -2.04. The van der Waals surface area contributed by atoms with Crippen LogP contribution in [-0.2, 0) is 0 Å². The summed E-state index contributed by atoms with van der Waals surface area (Å²) in [6.45, 7) is 0. The van der Waals surface area contributed by atoms with Gasteiger partial charge in [-0.3, -0.25) is 4.79 Å². The number of aromatic carboxylic acids is 1. The third-order valence-electron chi connectivity index (χ3n) is 5.07. The molecule has 12 heteroatoms. The predicted octanol–water partition coefficient (Wildman–Crippen LogP) is 2.47. The molecule has 0 aliphatic carbocycles. The summed E-state index contributed by atoms with van der Waals surface area (Å²) in [6, 6.07) is 4.58. The van der Waals surface area contributed by atoms with Gasteiger partial charge in [-0.15, -0.1) is 0 Å². The van der Waals surface area contributed by atoms with Gasteiger partial charge in [-0.05, 0) is 18.2 Å². The summed E-state index contributed by atoms with van der Waals surface area (Å²) in [5.74, 6) is -9.54. The number of carboxylic acid groups (broad SMARTS) is 1.